The SMILES string of the molecule is [C-]#[N+]c1ccc2c(c1)CO[C@@]2(CCC=O)c1ccc(F)cc1.[C-]#[N+]c1ccc2c(c1)CO[C@]2(CCC=O)c1ccc(F)cc1. The molecule has 2 atom stereocenters. The predicted octanol–water partition coefficient (Wildman–Crippen LogP) is 8.26. The van der Waals surface area contributed by atoms with Crippen molar-refractivity contribution in [2.45, 2.75) is 50.1 Å². The second-order valence-corrected chi connectivity index (χ2v) is 10.6. The van der Waals surface area contributed by atoms with Gasteiger partial charge in [-0.05, 0) is 70.5 Å². The number of nitrogens with zero attached hydrogens (tertiary/aromatic N) is 2. The normalized spacial score (nSPS) is 19.5. The van der Waals surface area contributed by atoms with E-state index in [1.165, 1.54) is 24.3 Å². The summed E-state index contributed by atoms with van der Waals surface area (Å²) in [5.41, 5.74) is 5.08. The Kier molecular flexibility index (Phi) is 9.06. The van der Waals surface area contributed by atoms with Crippen molar-refractivity contribution in [3.63, 3.8) is 0 Å². The number of ether oxygens (including phenoxy) is 2. The molecule has 0 N–H and O–H groups in total. The standard InChI is InChI=1S/2C18H14FNO2/c2*1-20-16-7-8-17-13(11-16)12-22-18(17,9-2-10-21)14-3-5-15(19)6-4-14/h2*3-8,10-11H,2,9,12H2/t2*18-/m10/s1. The van der Waals surface area contributed by atoms with Gasteiger partial charge >= 0.3 is 0 Å². The van der Waals surface area contributed by atoms with Gasteiger partial charge in [0.05, 0.1) is 26.4 Å². The minimum Gasteiger partial charge on any atom is -0.361 e. The largest absolute Gasteiger partial charge is 0.361 e. The van der Waals surface area contributed by atoms with Gasteiger partial charge in [0.15, 0.2) is 11.4 Å². The molecule has 0 radical (unpaired) electrons. The fraction of sp³-hybridized carbons (Fsp3) is 0.222. The Bertz CT molecular complexity index is 1630. The van der Waals surface area contributed by atoms with Crippen molar-refractivity contribution in [2.75, 3.05) is 0 Å². The van der Waals surface area contributed by atoms with Crippen LogP contribution in [0.5, 0.6) is 0 Å². The van der Waals surface area contributed by atoms with Crippen LogP contribution < -0.4 is 0 Å². The summed E-state index contributed by atoms with van der Waals surface area (Å²) >= 11 is 0. The van der Waals surface area contributed by atoms with E-state index in [9.17, 15) is 18.4 Å². The Labute approximate surface area is 254 Å². The zero-order valence-electron chi connectivity index (χ0n) is 23.8. The maximum atomic E-state index is 13.2. The summed E-state index contributed by atoms with van der Waals surface area (Å²) in [5.74, 6) is -0.619. The smallest absolute Gasteiger partial charge is 0.187 e. The zero-order chi connectivity index (χ0) is 31.2. The van der Waals surface area contributed by atoms with Crippen LogP contribution in [0.3, 0.4) is 0 Å². The molecule has 0 saturated heterocycles. The highest BCUT2D eigenvalue weighted by Crippen LogP contribution is 2.47. The first kappa shape index (κ1) is 30.4. The number of benzene rings is 4. The Morgan fingerprint density at radius 2 is 1.02 bits per heavy atom. The molecule has 0 amide bonds. The zero-order valence-corrected chi connectivity index (χ0v) is 23.8. The number of rotatable bonds is 8. The quantitative estimate of drug-likeness (QED) is 0.153. The summed E-state index contributed by atoms with van der Waals surface area (Å²) in [7, 11) is 0. The Morgan fingerprint density at radius 1 is 0.636 bits per heavy atom. The number of aldehydes is 2. The van der Waals surface area contributed by atoms with Crippen LogP contribution in [0.2, 0.25) is 0 Å². The van der Waals surface area contributed by atoms with E-state index in [4.69, 9.17) is 22.6 Å². The van der Waals surface area contributed by atoms with E-state index < -0.39 is 11.2 Å². The third-order valence-electron chi connectivity index (χ3n) is 8.10. The van der Waals surface area contributed by atoms with Gasteiger partial charge in [-0.2, -0.15) is 0 Å². The van der Waals surface area contributed by atoms with Crippen molar-refractivity contribution in [1.82, 2.24) is 0 Å². The van der Waals surface area contributed by atoms with Gasteiger partial charge in [0.1, 0.15) is 35.4 Å². The van der Waals surface area contributed by atoms with Crippen molar-refractivity contribution in [1.29, 1.82) is 0 Å². The molecule has 0 saturated carbocycles. The Hall–Kier alpha value is -5.02. The number of carbonyl (C=O) groups excluding carboxylic acids is 2. The van der Waals surface area contributed by atoms with Crippen LogP contribution in [0.25, 0.3) is 9.69 Å². The molecule has 2 aliphatic rings. The lowest BCUT2D eigenvalue weighted by atomic mass is 9.82. The molecule has 2 heterocycles. The third-order valence-corrected chi connectivity index (χ3v) is 8.10. The van der Waals surface area contributed by atoms with E-state index in [1.54, 1.807) is 36.4 Å². The third kappa shape index (κ3) is 5.78. The highest BCUT2D eigenvalue weighted by Gasteiger charge is 2.42. The van der Waals surface area contributed by atoms with Gasteiger partial charge in [0.25, 0.3) is 0 Å². The van der Waals surface area contributed by atoms with E-state index in [0.29, 0.717) is 50.3 Å². The molecule has 6 rings (SSSR count). The van der Waals surface area contributed by atoms with Gasteiger partial charge in [-0.25, -0.2) is 18.5 Å². The molecule has 0 aliphatic carbocycles. The number of hydrogen-bond acceptors (Lipinski definition) is 4. The van der Waals surface area contributed by atoms with Crippen LogP contribution >= 0.6 is 0 Å². The molecule has 4 aromatic rings. The van der Waals surface area contributed by atoms with Crippen molar-refractivity contribution in [2.24, 2.45) is 0 Å². The van der Waals surface area contributed by atoms with E-state index in [0.717, 1.165) is 46.0 Å². The maximum absolute atomic E-state index is 13.2. The second kappa shape index (κ2) is 13.1. The van der Waals surface area contributed by atoms with E-state index in [2.05, 4.69) is 9.69 Å². The molecule has 44 heavy (non-hydrogen) atoms. The lowest BCUT2D eigenvalue weighted by molar-refractivity contribution is -0.110. The fourth-order valence-electron chi connectivity index (χ4n) is 6.03. The van der Waals surface area contributed by atoms with Crippen LogP contribution in [0.15, 0.2) is 84.9 Å². The maximum Gasteiger partial charge on any atom is 0.187 e. The predicted molar refractivity (Wildman–Crippen MR) is 160 cm³/mol. The molecule has 8 heteroatoms. The topological polar surface area (TPSA) is 61.3 Å². The number of carbonyl (C=O) groups is 2. The lowest BCUT2D eigenvalue weighted by Gasteiger charge is -2.30. The fourth-order valence-corrected chi connectivity index (χ4v) is 6.03. The second-order valence-electron chi connectivity index (χ2n) is 10.6. The number of fused-ring (bicyclic) bond motifs is 2. The highest BCUT2D eigenvalue weighted by molar-refractivity contribution is 5.57. The van der Waals surface area contributed by atoms with Crippen LogP contribution in [-0.2, 0) is 43.5 Å². The highest BCUT2D eigenvalue weighted by atomic mass is 19.1. The van der Waals surface area contributed by atoms with Crippen molar-refractivity contribution < 1.29 is 27.8 Å². The van der Waals surface area contributed by atoms with Gasteiger partial charge in [-0.15, -0.1) is 0 Å². The molecular weight excluding hydrogens is 562 g/mol. The number of halogens is 2. The monoisotopic (exact) mass is 590 g/mol. The molecule has 4 aromatic carbocycles. The van der Waals surface area contributed by atoms with Gasteiger partial charge < -0.3 is 19.1 Å². The summed E-state index contributed by atoms with van der Waals surface area (Å²) in [6, 6.07) is 23.2. The summed E-state index contributed by atoms with van der Waals surface area (Å²) in [6.07, 6.45) is 3.40. The van der Waals surface area contributed by atoms with Crippen LogP contribution in [0.4, 0.5) is 20.2 Å². The average molecular weight is 591 g/mol. The number of hydrogen-bond donors (Lipinski definition) is 0. The molecule has 0 unspecified atom stereocenters. The van der Waals surface area contributed by atoms with Crippen molar-refractivity contribution in [3.8, 4) is 0 Å². The lowest BCUT2D eigenvalue weighted by Crippen LogP contribution is -2.27. The van der Waals surface area contributed by atoms with E-state index >= 15 is 0 Å². The van der Waals surface area contributed by atoms with Crippen LogP contribution in [-0.4, -0.2) is 12.6 Å². The van der Waals surface area contributed by atoms with E-state index in [-0.39, 0.29) is 11.6 Å². The minimum absolute atomic E-state index is 0.309. The average Bonchev–Trinajstić information content (AvgIpc) is 3.62. The molecule has 2 aliphatic heterocycles. The summed E-state index contributed by atoms with van der Waals surface area (Å²) < 4.78 is 38.5. The minimum atomic E-state index is -0.746. The summed E-state index contributed by atoms with van der Waals surface area (Å²) in [6.45, 7) is 15.0. The van der Waals surface area contributed by atoms with Crippen molar-refractivity contribution >= 4 is 23.9 Å². The van der Waals surface area contributed by atoms with Crippen molar-refractivity contribution in [3.05, 3.63) is 153 Å². The first-order chi connectivity index (χ1) is 21.4. The van der Waals surface area contributed by atoms with Gasteiger partial charge in [-0.1, -0.05) is 60.7 Å². The molecule has 0 spiro atoms. The summed E-state index contributed by atoms with van der Waals surface area (Å²) in [4.78, 5) is 28.6. The molecule has 0 fully saturated rings. The van der Waals surface area contributed by atoms with Gasteiger partial charge in [-0.3, -0.25) is 0 Å². The molecular formula is C36H28F2N2O4. The van der Waals surface area contributed by atoms with E-state index in [1.807, 2.05) is 24.3 Å². The summed E-state index contributed by atoms with van der Waals surface area (Å²) in [5, 5.41) is 0. The van der Waals surface area contributed by atoms with Gasteiger partial charge in [0.2, 0.25) is 0 Å². The van der Waals surface area contributed by atoms with Crippen LogP contribution in [0.1, 0.15) is 59.1 Å². The van der Waals surface area contributed by atoms with Crippen LogP contribution in [0, 0.1) is 24.8 Å². The molecule has 220 valence electrons. The first-order valence-electron chi connectivity index (χ1n) is 14.1. The van der Waals surface area contributed by atoms with Gasteiger partial charge in [0, 0.05) is 12.8 Å². The molecule has 0 bridgehead atoms. The Balaban J connectivity index is 0.000000175. The molecule has 0 aromatic heterocycles. The Morgan fingerprint density at radius 3 is 1.36 bits per heavy atom. The first-order valence-corrected chi connectivity index (χ1v) is 14.1. The molecule has 6 nitrogen and oxygen atoms in total.